The number of halogens is 2. The maximum absolute atomic E-state index is 13.7. The van der Waals surface area contributed by atoms with Gasteiger partial charge in [0.15, 0.2) is 0 Å². The Kier molecular flexibility index (Phi) is 5.89. The van der Waals surface area contributed by atoms with E-state index < -0.39 is 29.0 Å². The molecule has 0 aromatic heterocycles. The van der Waals surface area contributed by atoms with Crippen LogP contribution in [0.2, 0.25) is 0 Å². The van der Waals surface area contributed by atoms with Gasteiger partial charge < -0.3 is 21.1 Å². The standard InChI is InChI=1S/C17H17F2N3O3/c1-25-11-4-2-10(3-5-11)8-22-16(23)9-21-15-6-12(17(20)24)13(18)7-14(15)19/h2-7,21H,8-9H2,1H3,(H2,20,24)(H,22,23). The van der Waals surface area contributed by atoms with E-state index in [4.69, 9.17) is 10.5 Å². The molecule has 0 fully saturated rings. The van der Waals surface area contributed by atoms with Crippen molar-refractivity contribution in [1.82, 2.24) is 5.32 Å². The smallest absolute Gasteiger partial charge is 0.251 e. The maximum atomic E-state index is 13.7. The van der Waals surface area contributed by atoms with E-state index in [2.05, 4.69) is 10.6 Å². The van der Waals surface area contributed by atoms with Crippen LogP contribution in [0.25, 0.3) is 0 Å². The van der Waals surface area contributed by atoms with Crippen molar-refractivity contribution in [3.8, 4) is 5.75 Å². The number of benzene rings is 2. The predicted molar refractivity (Wildman–Crippen MR) is 88.2 cm³/mol. The summed E-state index contributed by atoms with van der Waals surface area (Å²) in [6.07, 6.45) is 0. The van der Waals surface area contributed by atoms with Gasteiger partial charge in [0.2, 0.25) is 5.91 Å². The third kappa shape index (κ3) is 4.90. The van der Waals surface area contributed by atoms with Gasteiger partial charge in [-0.2, -0.15) is 0 Å². The predicted octanol–water partition coefficient (Wildman–Crippen LogP) is 1.80. The molecule has 6 nitrogen and oxygen atoms in total. The van der Waals surface area contributed by atoms with E-state index in [1.165, 1.54) is 0 Å². The van der Waals surface area contributed by atoms with Crippen molar-refractivity contribution in [1.29, 1.82) is 0 Å². The van der Waals surface area contributed by atoms with Gasteiger partial charge in [-0.15, -0.1) is 0 Å². The van der Waals surface area contributed by atoms with Crippen LogP contribution < -0.4 is 21.1 Å². The van der Waals surface area contributed by atoms with Crippen LogP contribution in [0.1, 0.15) is 15.9 Å². The molecule has 0 heterocycles. The molecule has 0 atom stereocenters. The number of hydrogen-bond acceptors (Lipinski definition) is 4. The molecule has 0 aliphatic rings. The second-order valence-corrected chi connectivity index (χ2v) is 5.15. The van der Waals surface area contributed by atoms with Crippen molar-refractivity contribution in [3.63, 3.8) is 0 Å². The molecular formula is C17H17F2N3O3. The van der Waals surface area contributed by atoms with Gasteiger partial charge in [-0.3, -0.25) is 9.59 Å². The number of carbonyl (C=O) groups excluding carboxylic acids is 2. The van der Waals surface area contributed by atoms with E-state index in [-0.39, 0.29) is 18.8 Å². The Labute approximate surface area is 143 Å². The SMILES string of the molecule is COc1ccc(CNC(=O)CNc2cc(C(N)=O)c(F)cc2F)cc1. The van der Waals surface area contributed by atoms with Crippen molar-refractivity contribution in [2.45, 2.75) is 6.54 Å². The van der Waals surface area contributed by atoms with Crippen LogP contribution >= 0.6 is 0 Å². The lowest BCUT2D eigenvalue weighted by molar-refractivity contribution is -0.119. The van der Waals surface area contributed by atoms with Gasteiger partial charge in [-0.05, 0) is 23.8 Å². The fraction of sp³-hybridized carbons (Fsp3) is 0.176. The summed E-state index contributed by atoms with van der Waals surface area (Å²) in [6, 6.07) is 8.59. The number of nitrogens with two attached hydrogens (primary N) is 1. The average molecular weight is 349 g/mol. The molecule has 0 bridgehead atoms. The topological polar surface area (TPSA) is 93.4 Å². The largest absolute Gasteiger partial charge is 0.497 e. The first-order chi connectivity index (χ1) is 11.9. The van der Waals surface area contributed by atoms with Crippen LogP contribution in [-0.4, -0.2) is 25.5 Å². The fourth-order valence-corrected chi connectivity index (χ4v) is 2.06. The van der Waals surface area contributed by atoms with E-state index in [9.17, 15) is 18.4 Å². The normalized spacial score (nSPS) is 10.2. The van der Waals surface area contributed by atoms with Crippen molar-refractivity contribution >= 4 is 17.5 Å². The first-order valence-corrected chi connectivity index (χ1v) is 7.33. The van der Waals surface area contributed by atoms with Crippen molar-refractivity contribution < 1.29 is 23.1 Å². The zero-order valence-corrected chi connectivity index (χ0v) is 13.4. The second kappa shape index (κ2) is 8.09. The summed E-state index contributed by atoms with van der Waals surface area (Å²) in [5, 5.41) is 5.15. The minimum absolute atomic E-state index is 0.185. The van der Waals surface area contributed by atoms with Gasteiger partial charge in [0.25, 0.3) is 5.91 Å². The summed E-state index contributed by atoms with van der Waals surface area (Å²) in [5.74, 6) is -2.71. The minimum atomic E-state index is -1.06. The summed E-state index contributed by atoms with van der Waals surface area (Å²) in [5.41, 5.74) is 5.22. The molecule has 0 saturated carbocycles. The second-order valence-electron chi connectivity index (χ2n) is 5.15. The van der Waals surface area contributed by atoms with Crippen LogP contribution in [0.5, 0.6) is 5.75 Å². The van der Waals surface area contributed by atoms with Gasteiger partial charge in [0.05, 0.1) is 24.9 Å². The number of rotatable bonds is 7. The molecule has 0 aliphatic carbocycles. The number of ether oxygens (including phenoxy) is 1. The highest BCUT2D eigenvalue weighted by Crippen LogP contribution is 2.19. The first kappa shape index (κ1) is 18.2. The van der Waals surface area contributed by atoms with Crippen molar-refractivity contribution in [3.05, 3.63) is 59.2 Å². The highest BCUT2D eigenvalue weighted by atomic mass is 19.1. The molecule has 2 rings (SSSR count). The third-order valence-electron chi connectivity index (χ3n) is 3.41. The molecule has 0 aliphatic heterocycles. The molecule has 0 unspecified atom stereocenters. The Balaban J connectivity index is 1.91. The van der Waals surface area contributed by atoms with Crippen molar-refractivity contribution in [2.24, 2.45) is 5.73 Å². The van der Waals surface area contributed by atoms with Crippen LogP contribution in [0.3, 0.4) is 0 Å². The molecule has 132 valence electrons. The minimum Gasteiger partial charge on any atom is -0.497 e. The Bertz CT molecular complexity index is 779. The highest BCUT2D eigenvalue weighted by molar-refractivity contribution is 5.94. The number of carbonyl (C=O) groups is 2. The quantitative estimate of drug-likeness (QED) is 0.711. The molecular weight excluding hydrogens is 332 g/mol. The summed E-state index contributed by atoms with van der Waals surface area (Å²) in [4.78, 5) is 22.9. The lowest BCUT2D eigenvalue weighted by Crippen LogP contribution is -2.29. The summed E-state index contributed by atoms with van der Waals surface area (Å²) >= 11 is 0. The number of hydrogen-bond donors (Lipinski definition) is 3. The lowest BCUT2D eigenvalue weighted by Gasteiger charge is -2.10. The van der Waals surface area contributed by atoms with Gasteiger partial charge in [-0.1, -0.05) is 12.1 Å². The molecule has 25 heavy (non-hydrogen) atoms. The van der Waals surface area contributed by atoms with E-state index >= 15 is 0 Å². The first-order valence-electron chi connectivity index (χ1n) is 7.33. The van der Waals surface area contributed by atoms with Crippen LogP contribution in [0.4, 0.5) is 14.5 Å². The number of amides is 2. The van der Waals surface area contributed by atoms with Crippen molar-refractivity contribution in [2.75, 3.05) is 19.0 Å². The Morgan fingerprint density at radius 1 is 1.12 bits per heavy atom. The van der Waals surface area contributed by atoms with E-state index in [0.717, 1.165) is 11.6 Å². The number of nitrogens with one attached hydrogen (secondary N) is 2. The van der Waals surface area contributed by atoms with Gasteiger partial charge in [0.1, 0.15) is 17.4 Å². The summed E-state index contributed by atoms with van der Waals surface area (Å²) in [7, 11) is 1.56. The molecule has 0 saturated heterocycles. The Morgan fingerprint density at radius 3 is 2.40 bits per heavy atom. The third-order valence-corrected chi connectivity index (χ3v) is 3.41. The van der Waals surface area contributed by atoms with E-state index in [1.807, 2.05) is 0 Å². The van der Waals surface area contributed by atoms with E-state index in [1.54, 1.807) is 31.4 Å². The number of anilines is 1. The molecule has 2 amide bonds. The van der Waals surface area contributed by atoms with Gasteiger partial charge in [0, 0.05) is 12.6 Å². The zero-order chi connectivity index (χ0) is 18.4. The molecule has 4 N–H and O–H groups in total. The Morgan fingerprint density at radius 2 is 1.80 bits per heavy atom. The number of methoxy groups -OCH3 is 1. The maximum Gasteiger partial charge on any atom is 0.251 e. The molecule has 2 aromatic rings. The fourth-order valence-electron chi connectivity index (χ4n) is 2.06. The lowest BCUT2D eigenvalue weighted by atomic mass is 10.1. The number of primary amides is 1. The van der Waals surface area contributed by atoms with Crippen LogP contribution in [0.15, 0.2) is 36.4 Å². The van der Waals surface area contributed by atoms with E-state index in [0.29, 0.717) is 11.8 Å². The van der Waals surface area contributed by atoms with Crippen LogP contribution in [-0.2, 0) is 11.3 Å². The van der Waals surface area contributed by atoms with Gasteiger partial charge in [-0.25, -0.2) is 8.78 Å². The average Bonchev–Trinajstić information content (AvgIpc) is 2.59. The molecule has 0 spiro atoms. The summed E-state index contributed by atoms with van der Waals surface area (Å²) < 4.78 is 32.1. The Hall–Kier alpha value is -3.16. The van der Waals surface area contributed by atoms with Gasteiger partial charge >= 0.3 is 0 Å². The zero-order valence-electron chi connectivity index (χ0n) is 13.4. The monoisotopic (exact) mass is 349 g/mol. The molecule has 8 heteroatoms. The molecule has 0 radical (unpaired) electrons. The van der Waals surface area contributed by atoms with Crippen LogP contribution in [0, 0.1) is 11.6 Å². The highest BCUT2D eigenvalue weighted by Gasteiger charge is 2.14. The summed E-state index contributed by atoms with van der Waals surface area (Å²) in [6.45, 7) is 0.0276. The molecule has 2 aromatic carbocycles.